The molecule has 1 aliphatic rings. The number of benzene rings is 1. The molecule has 0 N–H and O–H groups in total. The van der Waals surface area contributed by atoms with Gasteiger partial charge in [0.2, 0.25) is 0 Å². The minimum Gasteiger partial charge on any atom is -0.440 e. The zero-order valence-electron chi connectivity index (χ0n) is 10.8. The van der Waals surface area contributed by atoms with Crippen molar-refractivity contribution in [3.8, 4) is 11.3 Å². The third kappa shape index (κ3) is 2.55. The molecule has 20 heavy (non-hydrogen) atoms. The van der Waals surface area contributed by atoms with Crippen molar-refractivity contribution in [1.82, 2.24) is 4.98 Å². The number of non-ortho nitro benzene ring substituents is 1. The van der Waals surface area contributed by atoms with Crippen LogP contribution in [0.15, 0.2) is 34.9 Å². The van der Waals surface area contributed by atoms with Crippen LogP contribution < -0.4 is 0 Å². The summed E-state index contributed by atoms with van der Waals surface area (Å²) in [4.78, 5) is 14.7. The summed E-state index contributed by atoms with van der Waals surface area (Å²) in [7, 11) is 0. The van der Waals surface area contributed by atoms with Crippen molar-refractivity contribution in [2.75, 3.05) is 13.2 Å². The lowest BCUT2D eigenvalue weighted by atomic mass is 10.0. The Kier molecular flexibility index (Phi) is 3.47. The van der Waals surface area contributed by atoms with Gasteiger partial charge < -0.3 is 9.15 Å². The lowest BCUT2D eigenvalue weighted by molar-refractivity contribution is -0.384. The second kappa shape index (κ2) is 5.42. The van der Waals surface area contributed by atoms with Crippen LogP contribution in [0.1, 0.15) is 24.7 Å². The number of oxazole rings is 1. The summed E-state index contributed by atoms with van der Waals surface area (Å²) < 4.78 is 11.1. The van der Waals surface area contributed by atoms with Crippen LogP contribution in [-0.2, 0) is 4.74 Å². The first-order valence-electron chi connectivity index (χ1n) is 6.52. The standard InChI is InChI=1S/C14H14N2O4/c17-16(18)12-3-1-2-11(8-12)13-9-15-14(20-13)10-4-6-19-7-5-10/h1-3,8-10H,4-7H2. The number of nitro groups is 1. The normalized spacial score (nSPS) is 16.2. The molecule has 2 aromatic rings. The van der Waals surface area contributed by atoms with E-state index in [1.807, 2.05) is 0 Å². The molecular formula is C14H14N2O4. The van der Waals surface area contributed by atoms with Crippen LogP contribution in [0.2, 0.25) is 0 Å². The molecule has 6 heteroatoms. The fraction of sp³-hybridized carbons (Fsp3) is 0.357. The molecule has 0 radical (unpaired) electrons. The van der Waals surface area contributed by atoms with Gasteiger partial charge in [0, 0.05) is 36.8 Å². The molecule has 1 saturated heterocycles. The number of hydrogen-bond acceptors (Lipinski definition) is 5. The van der Waals surface area contributed by atoms with E-state index in [1.165, 1.54) is 12.1 Å². The Balaban J connectivity index is 1.85. The third-order valence-corrected chi connectivity index (χ3v) is 3.44. The van der Waals surface area contributed by atoms with E-state index in [0.717, 1.165) is 26.1 Å². The Labute approximate surface area is 115 Å². The van der Waals surface area contributed by atoms with Gasteiger partial charge in [0.25, 0.3) is 5.69 Å². The van der Waals surface area contributed by atoms with Crippen LogP contribution >= 0.6 is 0 Å². The van der Waals surface area contributed by atoms with Crippen LogP contribution in [0.3, 0.4) is 0 Å². The molecule has 2 heterocycles. The Hall–Kier alpha value is -2.21. The van der Waals surface area contributed by atoms with Gasteiger partial charge >= 0.3 is 0 Å². The molecule has 0 unspecified atom stereocenters. The number of rotatable bonds is 3. The predicted octanol–water partition coefficient (Wildman–Crippen LogP) is 3.14. The average molecular weight is 274 g/mol. The molecule has 0 amide bonds. The molecule has 104 valence electrons. The Morgan fingerprint density at radius 2 is 2.10 bits per heavy atom. The Morgan fingerprint density at radius 3 is 2.85 bits per heavy atom. The number of hydrogen-bond donors (Lipinski definition) is 0. The van der Waals surface area contributed by atoms with E-state index < -0.39 is 4.92 Å². The summed E-state index contributed by atoms with van der Waals surface area (Å²) in [5, 5.41) is 10.8. The molecule has 3 rings (SSSR count). The molecule has 0 atom stereocenters. The maximum Gasteiger partial charge on any atom is 0.270 e. The highest BCUT2D eigenvalue weighted by molar-refractivity contribution is 5.60. The molecule has 6 nitrogen and oxygen atoms in total. The van der Waals surface area contributed by atoms with Gasteiger partial charge in [-0.25, -0.2) is 4.98 Å². The summed E-state index contributed by atoms with van der Waals surface area (Å²) in [5.41, 5.74) is 0.719. The van der Waals surface area contributed by atoms with E-state index in [9.17, 15) is 10.1 Å². The molecule has 0 aliphatic carbocycles. The van der Waals surface area contributed by atoms with E-state index in [-0.39, 0.29) is 11.6 Å². The first kappa shape index (κ1) is 12.8. The van der Waals surface area contributed by atoms with Gasteiger partial charge in [-0.1, -0.05) is 12.1 Å². The minimum atomic E-state index is -0.417. The minimum absolute atomic E-state index is 0.0477. The van der Waals surface area contributed by atoms with Gasteiger partial charge in [-0.05, 0) is 12.8 Å². The maximum atomic E-state index is 10.8. The van der Waals surface area contributed by atoms with Crippen molar-refractivity contribution in [3.05, 3.63) is 46.5 Å². The quantitative estimate of drug-likeness (QED) is 0.634. The summed E-state index contributed by atoms with van der Waals surface area (Å²) in [6.45, 7) is 1.44. The fourth-order valence-electron chi connectivity index (χ4n) is 2.33. The monoisotopic (exact) mass is 274 g/mol. The molecule has 1 aromatic carbocycles. The Morgan fingerprint density at radius 1 is 1.30 bits per heavy atom. The zero-order chi connectivity index (χ0) is 13.9. The number of aromatic nitrogens is 1. The summed E-state index contributed by atoms with van der Waals surface area (Å²) in [5.74, 6) is 1.53. The third-order valence-electron chi connectivity index (χ3n) is 3.44. The lowest BCUT2D eigenvalue weighted by Crippen LogP contribution is -2.14. The van der Waals surface area contributed by atoms with Gasteiger partial charge in [0.1, 0.15) is 0 Å². The highest BCUT2D eigenvalue weighted by Crippen LogP contribution is 2.30. The van der Waals surface area contributed by atoms with Gasteiger partial charge in [-0.2, -0.15) is 0 Å². The second-order valence-corrected chi connectivity index (χ2v) is 4.76. The van der Waals surface area contributed by atoms with E-state index >= 15 is 0 Å². The smallest absolute Gasteiger partial charge is 0.270 e. The van der Waals surface area contributed by atoms with Gasteiger partial charge in [-0.15, -0.1) is 0 Å². The number of nitrogens with zero attached hydrogens (tertiary/aromatic N) is 2. The van der Waals surface area contributed by atoms with Crippen LogP contribution in [0, 0.1) is 10.1 Å². The molecule has 0 saturated carbocycles. The second-order valence-electron chi connectivity index (χ2n) is 4.76. The van der Waals surface area contributed by atoms with Crippen LogP contribution in [0.25, 0.3) is 11.3 Å². The molecule has 1 aliphatic heterocycles. The highest BCUT2D eigenvalue weighted by atomic mass is 16.6. The van der Waals surface area contributed by atoms with Crippen molar-refractivity contribution in [2.24, 2.45) is 0 Å². The van der Waals surface area contributed by atoms with E-state index in [2.05, 4.69) is 4.98 Å². The van der Waals surface area contributed by atoms with Gasteiger partial charge in [0.05, 0.1) is 11.1 Å². The maximum absolute atomic E-state index is 10.8. The van der Waals surface area contributed by atoms with Crippen molar-refractivity contribution in [1.29, 1.82) is 0 Å². The van der Waals surface area contributed by atoms with Crippen LogP contribution in [0.5, 0.6) is 0 Å². The van der Waals surface area contributed by atoms with Crippen molar-refractivity contribution in [2.45, 2.75) is 18.8 Å². The van der Waals surface area contributed by atoms with Crippen molar-refractivity contribution < 1.29 is 14.1 Å². The SMILES string of the molecule is O=[N+]([O-])c1cccc(-c2cnc(C3CCOCC3)o2)c1. The average Bonchev–Trinajstić information content (AvgIpc) is 2.98. The summed E-state index contributed by atoms with van der Waals surface area (Å²) >= 11 is 0. The Bertz CT molecular complexity index is 617. The summed E-state index contributed by atoms with van der Waals surface area (Å²) in [6, 6.07) is 6.37. The zero-order valence-corrected chi connectivity index (χ0v) is 10.8. The van der Waals surface area contributed by atoms with Gasteiger partial charge in [-0.3, -0.25) is 10.1 Å². The van der Waals surface area contributed by atoms with E-state index in [4.69, 9.17) is 9.15 Å². The largest absolute Gasteiger partial charge is 0.440 e. The van der Waals surface area contributed by atoms with E-state index in [1.54, 1.807) is 18.3 Å². The first-order valence-corrected chi connectivity index (χ1v) is 6.52. The first-order chi connectivity index (χ1) is 9.74. The predicted molar refractivity (Wildman–Crippen MR) is 71.4 cm³/mol. The van der Waals surface area contributed by atoms with Crippen molar-refractivity contribution >= 4 is 5.69 Å². The molecule has 0 spiro atoms. The van der Waals surface area contributed by atoms with E-state index in [0.29, 0.717) is 17.2 Å². The number of nitro benzene ring substituents is 1. The van der Waals surface area contributed by atoms with Gasteiger partial charge in [0.15, 0.2) is 11.7 Å². The summed E-state index contributed by atoms with van der Waals surface area (Å²) in [6.07, 6.45) is 3.42. The molecule has 1 aromatic heterocycles. The molecular weight excluding hydrogens is 260 g/mol. The molecule has 1 fully saturated rings. The number of ether oxygens (including phenoxy) is 1. The highest BCUT2D eigenvalue weighted by Gasteiger charge is 2.21. The fourth-order valence-corrected chi connectivity index (χ4v) is 2.33. The van der Waals surface area contributed by atoms with Crippen molar-refractivity contribution in [3.63, 3.8) is 0 Å². The van der Waals surface area contributed by atoms with Crippen LogP contribution in [-0.4, -0.2) is 23.1 Å². The molecule has 0 bridgehead atoms. The topological polar surface area (TPSA) is 78.4 Å². The lowest BCUT2D eigenvalue weighted by Gasteiger charge is -2.18. The van der Waals surface area contributed by atoms with Crippen LogP contribution in [0.4, 0.5) is 5.69 Å².